The summed E-state index contributed by atoms with van der Waals surface area (Å²) in [6, 6.07) is 0. The van der Waals surface area contributed by atoms with E-state index in [2.05, 4.69) is 11.9 Å². The van der Waals surface area contributed by atoms with Crippen LogP contribution in [0, 0.1) is 6.92 Å². The van der Waals surface area contributed by atoms with E-state index < -0.39 is 5.69 Å². The van der Waals surface area contributed by atoms with Crippen LogP contribution in [0.4, 0.5) is 5.82 Å². The van der Waals surface area contributed by atoms with Gasteiger partial charge in [-0.3, -0.25) is 13.9 Å². The fourth-order valence-corrected chi connectivity index (χ4v) is 2.55. The third-order valence-corrected chi connectivity index (χ3v) is 3.87. The highest BCUT2D eigenvalue weighted by molar-refractivity contribution is 5.79. The Kier molecular flexibility index (Phi) is 8.61. The predicted octanol–water partition coefficient (Wildman–Crippen LogP) is 2.27. The fourth-order valence-electron chi connectivity index (χ4n) is 2.55. The second-order valence-corrected chi connectivity index (χ2v) is 6.45. The first-order chi connectivity index (χ1) is 11.8. The number of aliphatic hydroxyl groups is 1. The topological polar surface area (TPSA) is 85.8 Å². The molecule has 1 aromatic rings. The lowest BCUT2D eigenvalue weighted by molar-refractivity contribution is 0.220. The van der Waals surface area contributed by atoms with Crippen molar-refractivity contribution in [3.63, 3.8) is 0 Å². The predicted molar refractivity (Wildman–Crippen MR) is 99.8 cm³/mol. The number of aliphatic imine (C=N–C) groups is 1. The third kappa shape index (κ3) is 5.85. The van der Waals surface area contributed by atoms with Crippen molar-refractivity contribution in [3.05, 3.63) is 26.4 Å². The number of aromatic nitrogens is 2. The van der Waals surface area contributed by atoms with Gasteiger partial charge < -0.3 is 9.84 Å². The summed E-state index contributed by atoms with van der Waals surface area (Å²) in [6.07, 6.45) is 4.11. The Labute approximate surface area is 149 Å². The first kappa shape index (κ1) is 21.2. The van der Waals surface area contributed by atoms with Crippen molar-refractivity contribution in [2.45, 2.75) is 72.4 Å². The Morgan fingerprint density at radius 2 is 1.92 bits per heavy atom. The molecular weight excluding hydrogens is 322 g/mol. The molecule has 0 aliphatic carbocycles. The Hall–Kier alpha value is -1.89. The van der Waals surface area contributed by atoms with Crippen molar-refractivity contribution in [2.24, 2.45) is 12.0 Å². The number of hydrogen-bond donors (Lipinski definition) is 1. The first-order valence-electron chi connectivity index (χ1n) is 8.98. The molecule has 0 amide bonds. The van der Waals surface area contributed by atoms with Crippen LogP contribution in [0.2, 0.25) is 0 Å². The van der Waals surface area contributed by atoms with Gasteiger partial charge in [0.05, 0.1) is 11.7 Å². The van der Waals surface area contributed by atoms with E-state index >= 15 is 0 Å². The van der Waals surface area contributed by atoms with Gasteiger partial charge in [0.25, 0.3) is 5.56 Å². The number of aliphatic hydroxyl groups excluding tert-OH is 1. The van der Waals surface area contributed by atoms with Crippen molar-refractivity contribution < 1.29 is 9.84 Å². The van der Waals surface area contributed by atoms with Gasteiger partial charge in [0.2, 0.25) is 0 Å². The molecule has 0 atom stereocenters. The molecule has 1 heterocycles. The molecule has 142 valence electrons. The molecule has 0 aliphatic rings. The van der Waals surface area contributed by atoms with E-state index in [9.17, 15) is 9.59 Å². The van der Waals surface area contributed by atoms with Crippen LogP contribution in [-0.2, 0) is 18.3 Å². The lowest BCUT2D eigenvalue weighted by atomic mass is 10.2. The van der Waals surface area contributed by atoms with Crippen LogP contribution in [0.25, 0.3) is 0 Å². The molecule has 0 saturated heterocycles. The van der Waals surface area contributed by atoms with Crippen LogP contribution < -0.4 is 11.2 Å². The van der Waals surface area contributed by atoms with Crippen LogP contribution in [0.5, 0.6) is 0 Å². The summed E-state index contributed by atoms with van der Waals surface area (Å²) in [7, 11) is 1.60. The van der Waals surface area contributed by atoms with E-state index in [1.807, 2.05) is 13.8 Å². The van der Waals surface area contributed by atoms with Gasteiger partial charge in [0.1, 0.15) is 5.82 Å². The summed E-state index contributed by atoms with van der Waals surface area (Å²) in [4.78, 5) is 29.5. The van der Waals surface area contributed by atoms with E-state index in [1.165, 1.54) is 4.57 Å². The monoisotopic (exact) mass is 353 g/mol. The molecule has 0 aliphatic heterocycles. The second-order valence-electron chi connectivity index (χ2n) is 6.45. The van der Waals surface area contributed by atoms with Crippen LogP contribution in [0.15, 0.2) is 14.6 Å². The van der Waals surface area contributed by atoms with E-state index in [0.717, 1.165) is 23.8 Å². The van der Waals surface area contributed by atoms with Gasteiger partial charge in [-0.25, -0.2) is 4.79 Å². The van der Waals surface area contributed by atoms with Crippen molar-refractivity contribution in [2.75, 3.05) is 6.61 Å². The molecule has 0 fully saturated rings. The van der Waals surface area contributed by atoms with Crippen molar-refractivity contribution in [3.8, 4) is 0 Å². The molecule has 1 rings (SSSR count). The summed E-state index contributed by atoms with van der Waals surface area (Å²) >= 11 is 0. The third-order valence-electron chi connectivity index (χ3n) is 3.87. The minimum absolute atomic E-state index is 0.0253. The maximum atomic E-state index is 12.5. The lowest BCUT2D eigenvalue weighted by Gasteiger charge is -2.15. The van der Waals surface area contributed by atoms with Crippen LogP contribution in [0.1, 0.15) is 58.4 Å². The Balaban J connectivity index is 3.33. The maximum absolute atomic E-state index is 12.5. The zero-order chi connectivity index (χ0) is 19.0. The van der Waals surface area contributed by atoms with Crippen molar-refractivity contribution in [1.82, 2.24) is 9.13 Å². The summed E-state index contributed by atoms with van der Waals surface area (Å²) in [6.45, 7) is 7.76. The summed E-state index contributed by atoms with van der Waals surface area (Å²) in [5.41, 5.74) is -0.395. The smallest absolute Gasteiger partial charge is 0.332 e. The highest BCUT2D eigenvalue weighted by atomic mass is 16.5. The highest BCUT2D eigenvalue weighted by Crippen LogP contribution is 2.15. The molecule has 0 radical (unpaired) electrons. The second kappa shape index (κ2) is 10.2. The van der Waals surface area contributed by atoms with E-state index in [4.69, 9.17) is 9.84 Å². The Morgan fingerprint density at radius 3 is 2.48 bits per heavy atom. The normalized spacial score (nSPS) is 12.0. The molecule has 7 nitrogen and oxygen atoms in total. The van der Waals surface area contributed by atoms with Gasteiger partial charge >= 0.3 is 5.69 Å². The number of unbranched alkanes of at least 4 members (excludes halogenated alkanes) is 2. The van der Waals surface area contributed by atoms with Gasteiger partial charge in [-0.15, -0.1) is 0 Å². The largest absolute Gasteiger partial charge is 0.478 e. The molecule has 0 spiro atoms. The summed E-state index contributed by atoms with van der Waals surface area (Å²) < 4.78 is 8.29. The number of rotatable bonds is 9. The molecule has 0 saturated carbocycles. The minimum Gasteiger partial charge on any atom is -0.478 e. The molecule has 0 aromatic carbocycles. The van der Waals surface area contributed by atoms with Crippen molar-refractivity contribution >= 4 is 11.7 Å². The molecule has 25 heavy (non-hydrogen) atoms. The van der Waals surface area contributed by atoms with Crippen LogP contribution >= 0.6 is 0 Å². The average molecular weight is 353 g/mol. The van der Waals surface area contributed by atoms with Gasteiger partial charge in [0.15, 0.2) is 5.90 Å². The first-order valence-corrected chi connectivity index (χ1v) is 8.98. The molecule has 1 N–H and O–H groups in total. The maximum Gasteiger partial charge on any atom is 0.332 e. The highest BCUT2D eigenvalue weighted by Gasteiger charge is 2.15. The molecule has 0 bridgehead atoms. The SMILES string of the molecule is CCCCC/C(=N\c1c(C)c(=O)n(CCCO)c(=O)n1C)OC(C)C. The van der Waals surface area contributed by atoms with Crippen LogP contribution in [-0.4, -0.2) is 32.8 Å². The zero-order valence-corrected chi connectivity index (χ0v) is 16.0. The number of nitrogens with zero attached hydrogens (tertiary/aromatic N) is 3. The van der Waals surface area contributed by atoms with Gasteiger partial charge in [-0.1, -0.05) is 19.8 Å². The van der Waals surface area contributed by atoms with Crippen molar-refractivity contribution in [1.29, 1.82) is 0 Å². The molecule has 0 unspecified atom stereocenters. The number of ether oxygens (including phenoxy) is 1. The van der Waals surface area contributed by atoms with Gasteiger partial charge in [0, 0.05) is 26.6 Å². The lowest BCUT2D eigenvalue weighted by Crippen LogP contribution is -2.40. The Morgan fingerprint density at radius 1 is 1.24 bits per heavy atom. The number of hydrogen-bond acceptors (Lipinski definition) is 5. The fraction of sp³-hybridized carbons (Fsp3) is 0.722. The van der Waals surface area contributed by atoms with E-state index in [1.54, 1.807) is 14.0 Å². The molecule has 7 heteroatoms. The Bertz CT molecular complexity index is 664. The zero-order valence-electron chi connectivity index (χ0n) is 16.0. The quantitative estimate of drug-likeness (QED) is 0.419. The minimum atomic E-state index is -0.430. The standard InChI is InChI=1S/C18H31N3O4/c1-6-7-8-10-15(25-13(2)3)19-16-14(4)17(23)21(11-9-12-22)18(24)20(16)5/h13,22H,6-12H2,1-5H3/b19-15+. The van der Waals surface area contributed by atoms with E-state index in [0.29, 0.717) is 30.1 Å². The molecule has 1 aromatic heterocycles. The van der Waals surface area contributed by atoms with Crippen LogP contribution in [0.3, 0.4) is 0 Å². The van der Waals surface area contributed by atoms with E-state index in [-0.39, 0.29) is 24.8 Å². The summed E-state index contributed by atoms with van der Waals surface area (Å²) in [5.74, 6) is 0.886. The van der Waals surface area contributed by atoms with Gasteiger partial charge in [-0.2, -0.15) is 4.99 Å². The van der Waals surface area contributed by atoms with Gasteiger partial charge in [-0.05, 0) is 33.6 Å². The average Bonchev–Trinajstić information content (AvgIpc) is 2.56. The molecular formula is C18H31N3O4. The summed E-state index contributed by atoms with van der Waals surface area (Å²) in [5, 5.41) is 8.95.